The van der Waals surface area contributed by atoms with E-state index in [1.165, 1.54) is 6.21 Å². The number of ether oxygens (including phenoxy) is 3. The van der Waals surface area contributed by atoms with Crippen molar-refractivity contribution in [1.82, 2.24) is 5.43 Å². The number of nitrogens with zero attached hydrogens (tertiary/aromatic N) is 1. The molecule has 2 aromatic carbocycles. The molecule has 6 nitrogen and oxygen atoms in total. The molecule has 7 heteroatoms. The van der Waals surface area contributed by atoms with Gasteiger partial charge in [-0.15, -0.1) is 0 Å². The number of hydrogen-bond acceptors (Lipinski definition) is 5. The highest BCUT2D eigenvalue weighted by atomic mass is 79.9. The molecular weight excluding hydrogens is 388 g/mol. The lowest BCUT2D eigenvalue weighted by Gasteiger charge is -2.08. The van der Waals surface area contributed by atoms with E-state index in [-0.39, 0.29) is 12.5 Å². The predicted molar refractivity (Wildman–Crippen MR) is 99.5 cm³/mol. The number of benzene rings is 2. The van der Waals surface area contributed by atoms with Gasteiger partial charge in [-0.3, -0.25) is 4.79 Å². The largest absolute Gasteiger partial charge is 0.497 e. The molecule has 0 bridgehead atoms. The van der Waals surface area contributed by atoms with E-state index in [0.717, 1.165) is 10.0 Å². The zero-order valence-electron chi connectivity index (χ0n) is 14.0. The average Bonchev–Trinajstić information content (AvgIpc) is 2.62. The van der Waals surface area contributed by atoms with E-state index in [4.69, 9.17) is 14.2 Å². The minimum atomic E-state index is -0.368. The normalized spacial score (nSPS) is 10.5. The molecule has 0 fully saturated rings. The fourth-order valence-electron chi connectivity index (χ4n) is 1.95. The summed E-state index contributed by atoms with van der Waals surface area (Å²) in [5.41, 5.74) is 3.18. The van der Waals surface area contributed by atoms with Gasteiger partial charge in [0.25, 0.3) is 5.91 Å². The number of hydrogen-bond donors (Lipinski definition) is 1. The van der Waals surface area contributed by atoms with Crippen LogP contribution < -0.4 is 19.6 Å². The first-order valence-corrected chi connectivity index (χ1v) is 8.42. The molecule has 0 aromatic heterocycles. The first-order valence-electron chi connectivity index (χ1n) is 7.63. The van der Waals surface area contributed by atoms with E-state index < -0.39 is 0 Å². The fourth-order valence-corrected chi connectivity index (χ4v) is 2.33. The highest BCUT2D eigenvalue weighted by Gasteiger charge is 2.04. The number of carbonyl (C=O) groups excluding carboxylic acids is 1. The third-order valence-corrected chi connectivity index (χ3v) is 3.57. The molecule has 0 atom stereocenters. The maximum Gasteiger partial charge on any atom is 0.277 e. The first kappa shape index (κ1) is 18.8. The fraction of sp³-hybridized carbons (Fsp3) is 0.222. The quantitative estimate of drug-likeness (QED) is 0.538. The van der Waals surface area contributed by atoms with Gasteiger partial charge in [0.15, 0.2) is 6.61 Å². The smallest absolute Gasteiger partial charge is 0.277 e. The minimum absolute atomic E-state index is 0.151. The molecule has 0 unspecified atom stereocenters. The van der Waals surface area contributed by atoms with Crippen molar-refractivity contribution in [1.29, 1.82) is 0 Å². The van der Waals surface area contributed by atoms with Gasteiger partial charge in [0.1, 0.15) is 17.2 Å². The topological polar surface area (TPSA) is 69.2 Å². The summed E-state index contributed by atoms with van der Waals surface area (Å²) < 4.78 is 16.9. The molecule has 0 aliphatic heterocycles. The van der Waals surface area contributed by atoms with Crippen LogP contribution in [0.4, 0.5) is 0 Å². The number of methoxy groups -OCH3 is 1. The zero-order valence-corrected chi connectivity index (χ0v) is 15.6. The summed E-state index contributed by atoms with van der Waals surface area (Å²) in [6.45, 7) is 2.30. The maximum absolute atomic E-state index is 11.8. The molecule has 0 saturated carbocycles. The summed E-state index contributed by atoms with van der Waals surface area (Å²) in [6.07, 6.45) is 1.53. The summed E-state index contributed by atoms with van der Waals surface area (Å²) in [4.78, 5) is 11.8. The van der Waals surface area contributed by atoms with Crippen molar-refractivity contribution in [2.75, 3.05) is 20.3 Å². The molecule has 0 aliphatic rings. The van der Waals surface area contributed by atoms with Gasteiger partial charge in [-0.2, -0.15) is 5.10 Å². The number of amides is 1. The van der Waals surface area contributed by atoms with Gasteiger partial charge in [-0.25, -0.2) is 5.43 Å². The average molecular weight is 407 g/mol. The van der Waals surface area contributed by atoms with Crippen LogP contribution in [-0.2, 0) is 4.79 Å². The second-order valence-corrected chi connectivity index (χ2v) is 5.79. The van der Waals surface area contributed by atoms with Crippen molar-refractivity contribution in [2.45, 2.75) is 6.92 Å². The van der Waals surface area contributed by atoms with Gasteiger partial charge in [0.05, 0.1) is 19.9 Å². The van der Waals surface area contributed by atoms with E-state index in [9.17, 15) is 4.79 Å². The molecule has 25 heavy (non-hydrogen) atoms. The highest BCUT2D eigenvalue weighted by molar-refractivity contribution is 9.10. The van der Waals surface area contributed by atoms with Gasteiger partial charge < -0.3 is 14.2 Å². The Labute approximate surface area is 154 Å². The van der Waals surface area contributed by atoms with Crippen molar-refractivity contribution in [3.05, 3.63) is 52.5 Å². The van der Waals surface area contributed by atoms with Crippen LogP contribution in [0.5, 0.6) is 17.2 Å². The van der Waals surface area contributed by atoms with E-state index in [0.29, 0.717) is 23.9 Å². The minimum Gasteiger partial charge on any atom is -0.497 e. The Balaban J connectivity index is 1.89. The Hall–Kier alpha value is -2.54. The molecule has 0 radical (unpaired) electrons. The van der Waals surface area contributed by atoms with Crippen LogP contribution in [0.1, 0.15) is 12.5 Å². The number of nitrogens with one attached hydrogen (secondary N) is 1. The van der Waals surface area contributed by atoms with Crippen LogP contribution in [0, 0.1) is 0 Å². The first-order chi connectivity index (χ1) is 12.1. The second-order valence-electron chi connectivity index (χ2n) is 4.88. The molecule has 0 aliphatic carbocycles. The standard InChI is InChI=1S/C18H19BrN2O4/c1-3-24-17-8-7-14(19)9-13(17)11-20-21-18(22)12-25-16-6-4-5-15(10-16)23-2/h4-11H,3,12H2,1-2H3,(H,21,22)/b20-11+. The number of carbonyl (C=O) groups is 1. The summed E-state index contributed by atoms with van der Waals surface area (Å²) in [6, 6.07) is 12.6. The summed E-state index contributed by atoms with van der Waals surface area (Å²) in [7, 11) is 1.57. The van der Waals surface area contributed by atoms with Crippen molar-refractivity contribution < 1.29 is 19.0 Å². The van der Waals surface area contributed by atoms with Crippen molar-refractivity contribution in [3.63, 3.8) is 0 Å². The van der Waals surface area contributed by atoms with Crippen LogP contribution in [0.2, 0.25) is 0 Å². The van der Waals surface area contributed by atoms with Gasteiger partial charge >= 0.3 is 0 Å². The summed E-state index contributed by atoms with van der Waals surface area (Å²) >= 11 is 3.40. The Morgan fingerprint density at radius 3 is 2.76 bits per heavy atom. The van der Waals surface area contributed by atoms with Crippen LogP contribution in [-0.4, -0.2) is 32.4 Å². The van der Waals surface area contributed by atoms with Gasteiger partial charge in [-0.1, -0.05) is 22.0 Å². The maximum atomic E-state index is 11.8. The third kappa shape index (κ3) is 6.11. The third-order valence-electron chi connectivity index (χ3n) is 3.08. The Kier molecular flexibility index (Phi) is 7.28. The van der Waals surface area contributed by atoms with Gasteiger partial charge in [0, 0.05) is 16.1 Å². The molecule has 0 spiro atoms. The number of halogens is 1. The van der Waals surface area contributed by atoms with Crippen molar-refractivity contribution >= 4 is 28.1 Å². The SMILES string of the molecule is CCOc1ccc(Br)cc1/C=N/NC(=O)COc1cccc(OC)c1. The molecule has 1 N–H and O–H groups in total. The lowest BCUT2D eigenvalue weighted by atomic mass is 10.2. The molecule has 2 rings (SSSR count). The van der Waals surface area contributed by atoms with E-state index in [1.807, 2.05) is 25.1 Å². The molecule has 2 aromatic rings. The van der Waals surface area contributed by atoms with Crippen LogP contribution in [0.25, 0.3) is 0 Å². The van der Waals surface area contributed by atoms with E-state index >= 15 is 0 Å². The van der Waals surface area contributed by atoms with Crippen molar-refractivity contribution in [2.24, 2.45) is 5.10 Å². The van der Waals surface area contributed by atoms with Gasteiger partial charge in [-0.05, 0) is 37.3 Å². The second kappa shape index (κ2) is 9.68. The lowest BCUT2D eigenvalue weighted by Crippen LogP contribution is -2.24. The Morgan fingerprint density at radius 1 is 1.20 bits per heavy atom. The van der Waals surface area contributed by atoms with Crippen LogP contribution >= 0.6 is 15.9 Å². The lowest BCUT2D eigenvalue weighted by molar-refractivity contribution is -0.123. The number of rotatable bonds is 8. The Bertz CT molecular complexity index is 750. The van der Waals surface area contributed by atoms with Crippen LogP contribution in [0.3, 0.4) is 0 Å². The Morgan fingerprint density at radius 2 is 2.00 bits per heavy atom. The molecule has 0 saturated heterocycles. The highest BCUT2D eigenvalue weighted by Crippen LogP contribution is 2.21. The van der Waals surface area contributed by atoms with E-state index in [2.05, 4.69) is 26.5 Å². The zero-order chi connectivity index (χ0) is 18.1. The monoisotopic (exact) mass is 406 g/mol. The molecular formula is C18H19BrN2O4. The van der Waals surface area contributed by atoms with E-state index in [1.54, 1.807) is 31.4 Å². The van der Waals surface area contributed by atoms with Crippen LogP contribution in [0.15, 0.2) is 52.0 Å². The number of hydrazone groups is 1. The summed E-state index contributed by atoms with van der Waals surface area (Å²) in [5, 5.41) is 3.94. The molecule has 1 amide bonds. The van der Waals surface area contributed by atoms with Gasteiger partial charge in [0.2, 0.25) is 0 Å². The molecule has 132 valence electrons. The molecule has 0 heterocycles. The summed E-state index contributed by atoms with van der Waals surface area (Å²) in [5.74, 6) is 1.53. The predicted octanol–water partition coefficient (Wildman–Crippen LogP) is 3.39. The van der Waals surface area contributed by atoms with Crippen molar-refractivity contribution in [3.8, 4) is 17.2 Å².